The van der Waals surface area contributed by atoms with Gasteiger partial charge in [0.2, 0.25) is 11.0 Å². The Kier molecular flexibility index (Phi) is 7.41. The maximum atomic E-state index is 12.4. The molecule has 1 amide bonds. The lowest BCUT2D eigenvalue weighted by Gasteiger charge is -2.18. The standard InChI is InChI=1S/C22H28N6O2S2/c1-14-9-15(2)11-17(10-14)30-12-18-24-27-22(28(18)3)31-13-19(29)23-21-26-25-20(32-21)16-7-5-4-6-8-16/h9-11,16H,4-8,12-13H2,1-3H3,(H,23,26,29). The van der Waals surface area contributed by atoms with Crippen LogP contribution in [0.3, 0.4) is 0 Å². The summed E-state index contributed by atoms with van der Waals surface area (Å²) in [6.45, 7) is 4.40. The minimum atomic E-state index is -0.127. The number of thioether (sulfide) groups is 1. The van der Waals surface area contributed by atoms with Crippen molar-refractivity contribution in [1.29, 1.82) is 0 Å². The highest BCUT2D eigenvalue weighted by molar-refractivity contribution is 7.99. The van der Waals surface area contributed by atoms with E-state index in [2.05, 4.69) is 31.8 Å². The van der Waals surface area contributed by atoms with Crippen molar-refractivity contribution in [3.8, 4) is 5.75 Å². The van der Waals surface area contributed by atoms with E-state index in [1.54, 1.807) is 0 Å². The summed E-state index contributed by atoms with van der Waals surface area (Å²) < 4.78 is 7.73. The fraction of sp³-hybridized carbons (Fsp3) is 0.500. The SMILES string of the molecule is Cc1cc(C)cc(OCc2nnc(SCC(=O)Nc3nnc(C4CCCCC4)s3)n2C)c1. The average Bonchev–Trinajstić information content (AvgIpc) is 3.37. The number of benzene rings is 1. The summed E-state index contributed by atoms with van der Waals surface area (Å²) in [4.78, 5) is 12.4. The molecule has 1 N–H and O–H groups in total. The number of anilines is 1. The van der Waals surface area contributed by atoms with Crippen LogP contribution in [0.2, 0.25) is 0 Å². The van der Waals surface area contributed by atoms with Crippen molar-refractivity contribution in [2.75, 3.05) is 11.1 Å². The van der Waals surface area contributed by atoms with Crippen LogP contribution >= 0.6 is 23.1 Å². The Balaban J connectivity index is 1.27. The second-order valence-electron chi connectivity index (χ2n) is 8.19. The number of nitrogens with zero attached hydrogens (tertiary/aromatic N) is 5. The third-order valence-electron chi connectivity index (χ3n) is 5.46. The van der Waals surface area contributed by atoms with E-state index in [4.69, 9.17) is 4.74 Å². The second-order valence-corrected chi connectivity index (χ2v) is 10.1. The van der Waals surface area contributed by atoms with Crippen molar-refractivity contribution < 1.29 is 9.53 Å². The Labute approximate surface area is 196 Å². The molecular formula is C22H28N6O2S2. The van der Waals surface area contributed by atoms with Crippen molar-refractivity contribution in [3.05, 3.63) is 40.2 Å². The van der Waals surface area contributed by atoms with E-state index in [-0.39, 0.29) is 11.7 Å². The Morgan fingerprint density at radius 2 is 1.88 bits per heavy atom. The third kappa shape index (κ3) is 5.86. The summed E-state index contributed by atoms with van der Waals surface area (Å²) in [5, 5.41) is 22.0. The largest absolute Gasteiger partial charge is 0.486 e. The molecule has 8 nitrogen and oxygen atoms in total. The summed E-state index contributed by atoms with van der Waals surface area (Å²) in [6.07, 6.45) is 6.13. The molecule has 4 rings (SSSR count). The van der Waals surface area contributed by atoms with Crippen LogP contribution in [0.5, 0.6) is 5.75 Å². The fourth-order valence-corrected chi connectivity index (χ4v) is 5.50. The highest BCUT2D eigenvalue weighted by Crippen LogP contribution is 2.35. The van der Waals surface area contributed by atoms with Crippen molar-refractivity contribution in [1.82, 2.24) is 25.0 Å². The molecule has 10 heteroatoms. The maximum absolute atomic E-state index is 12.4. The molecule has 170 valence electrons. The van der Waals surface area contributed by atoms with Crippen LogP contribution in [0.4, 0.5) is 5.13 Å². The van der Waals surface area contributed by atoms with Gasteiger partial charge in [-0.1, -0.05) is 48.4 Å². The number of hydrogen-bond donors (Lipinski definition) is 1. The number of amides is 1. The zero-order valence-corrected chi connectivity index (χ0v) is 20.3. The Morgan fingerprint density at radius 3 is 2.62 bits per heavy atom. The molecule has 2 heterocycles. The van der Waals surface area contributed by atoms with Crippen LogP contribution in [0.15, 0.2) is 23.4 Å². The summed E-state index contributed by atoms with van der Waals surface area (Å²) >= 11 is 2.82. The monoisotopic (exact) mass is 472 g/mol. The molecule has 2 aromatic heterocycles. The molecule has 1 aliphatic carbocycles. The van der Waals surface area contributed by atoms with Crippen LogP contribution in [-0.4, -0.2) is 36.6 Å². The second kappa shape index (κ2) is 10.4. The van der Waals surface area contributed by atoms with Gasteiger partial charge in [0, 0.05) is 13.0 Å². The number of ether oxygens (including phenoxy) is 1. The van der Waals surface area contributed by atoms with Crippen molar-refractivity contribution in [2.45, 2.75) is 63.6 Å². The topological polar surface area (TPSA) is 94.8 Å². The van der Waals surface area contributed by atoms with E-state index >= 15 is 0 Å². The van der Waals surface area contributed by atoms with Crippen LogP contribution in [0.25, 0.3) is 0 Å². The number of hydrogen-bond acceptors (Lipinski definition) is 8. The van der Waals surface area contributed by atoms with Gasteiger partial charge in [-0.05, 0) is 49.9 Å². The first-order chi connectivity index (χ1) is 15.5. The summed E-state index contributed by atoms with van der Waals surface area (Å²) in [7, 11) is 1.88. The van der Waals surface area contributed by atoms with Crippen LogP contribution < -0.4 is 10.1 Å². The van der Waals surface area contributed by atoms with E-state index in [1.807, 2.05) is 37.6 Å². The lowest BCUT2D eigenvalue weighted by atomic mass is 9.90. The number of nitrogens with one attached hydrogen (secondary N) is 1. The fourth-order valence-electron chi connectivity index (χ4n) is 3.85. The van der Waals surface area contributed by atoms with E-state index < -0.39 is 0 Å². The predicted molar refractivity (Wildman–Crippen MR) is 126 cm³/mol. The summed E-state index contributed by atoms with van der Waals surface area (Å²) in [5.74, 6) is 2.10. The molecule has 0 bridgehead atoms. The van der Waals surface area contributed by atoms with Crippen molar-refractivity contribution >= 4 is 34.1 Å². The Bertz CT molecular complexity index is 1050. The van der Waals surface area contributed by atoms with Crippen LogP contribution in [0.1, 0.15) is 60.0 Å². The minimum absolute atomic E-state index is 0.127. The normalized spacial score (nSPS) is 14.5. The molecular weight excluding hydrogens is 444 g/mol. The van der Waals surface area contributed by atoms with Gasteiger partial charge >= 0.3 is 0 Å². The minimum Gasteiger partial charge on any atom is -0.486 e. The molecule has 0 unspecified atom stereocenters. The van der Waals surface area contributed by atoms with E-state index in [9.17, 15) is 4.79 Å². The van der Waals surface area contributed by atoms with Gasteiger partial charge in [-0.3, -0.25) is 10.1 Å². The molecule has 3 aromatic rings. The van der Waals surface area contributed by atoms with E-state index in [0.717, 1.165) is 21.9 Å². The van der Waals surface area contributed by atoms with Gasteiger partial charge in [0.1, 0.15) is 17.4 Å². The van der Waals surface area contributed by atoms with Gasteiger partial charge in [0.25, 0.3) is 0 Å². The zero-order chi connectivity index (χ0) is 22.5. The summed E-state index contributed by atoms with van der Waals surface area (Å²) in [5.41, 5.74) is 2.31. The molecule has 1 aliphatic rings. The van der Waals surface area contributed by atoms with Crippen LogP contribution in [0, 0.1) is 13.8 Å². The number of rotatable bonds is 8. The number of aromatic nitrogens is 5. The summed E-state index contributed by atoms with van der Waals surface area (Å²) in [6, 6.07) is 6.10. The molecule has 32 heavy (non-hydrogen) atoms. The van der Waals surface area contributed by atoms with Gasteiger partial charge in [0.15, 0.2) is 11.0 Å². The van der Waals surface area contributed by atoms with Gasteiger partial charge in [-0.15, -0.1) is 20.4 Å². The first-order valence-corrected chi connectivity index (χ1v) is 12.6. The Morgan fingerprint density at radius 1 is 1.12 bits per heavy atom. The lowest BCUT2D eigenvalue weighted by Crippen LogP contribution is -2.14. The number of carbonyl (C=O) groups excluding carboxylic acids is 1. The average molecular weight is 473 g/mol. The lowest BCUT2D eigenvalue weighted by molar-refractivity contribution is -0.113. The zero-order valence-electron chi connectivity index (χ0n) is 18.6. The van der Waals surface area contributed by atoms with Crippen LogP contribution in [-0.2, 0) is 18.4 Å². The molecule has 0 radical (unpaired) electrons. The van der Waals surface area contributed by atoms with E-state index in [1.165, 1.54) is 55.2 Å². The first-order valence-electron chi connectivity index (χ1n) is 10.8. The van der Waals surface area contributed by atoms with Gasteiger partial charge in [0.05, 0.1) is 5.75 Å². The van der Waals surface area contributed by atoms with Crippen molar-refractivity contribution in [2.24, 2.45) is 7.05 Å². The molecule has 1 aromatic carbocycles. The third-order valence-corrected chi connectivity index (χ3v) is 7.48. The highest BCUT2D eigenvalue weighted by atomic mass is 32.2. The number of aryl methyl sites for hydroxylation is 2. The smallest absolute Gasteiger partial charge is 0.236 e. The predicted octanol–water partition coefficient (Wildman–Crippen LogP) is 4.64. The molecule has 1 saturated carbocycles. The van der Waals surface area contributed by atoms with Gasteiger partial charge < -0.3 is 9.30 Å². The van der Waals surface area contributed by atoms with Crippen molar-refractivity contribution in [3.63, 3.8) is 0 Å². The molecule has 0 atom stereocenters. The molecule has 1 fully saturated rings. The Hall–Kier alpha value is -2.46. The maximum Gasteiger partial charge on any atom is 0.236 e. The quantitative estimate of drug-likeness (QED) is 0.477. The van der Waals surface area contributed by atoms with Gasteiger partial charge in [-0.25, -0.2) is 0 Å². The molecule has 0 aliphatic heterocycles. The highest BCUT2D eigenvalue weighted by Gasteiger charge is 2.20. The van der Waals surface area contributed by atoms with Gasteiger partial charge in [-0.2, -0.15) is 0 Å². The first kappa shape index (κ1) is 22.7. The molecule has 0 saturated heterocycles. The van der Waals surface area contributed by atoms with E-state index in [0.29, 0.717) is 28.6 Å². The number of carbonyl (C=O) groups is 1. The molecule has 0 spiro atoms.